The van der Waals surface area contributed by atoms with Crippen molar-refractivity contribution < 1.29 is 19.1 Å². The average molecular weight is 305 g/mol. The Morgan fingerprint density at radius 1 is 1.18 bits per heavy atom. The first-order valence-electron chi connectivity index (χ1n) is 7.52. The van der Waals surface area contributed by atoms with Crippen molar-refractivity contribution in [2.24, 2.45) is 0 Å². The topological polar surface area (TPSA) is 64.6 Å². The summed E-state index contributed by atoms with van der Waals surface area (Å²) in [5.74, 6) is 1.40. The van der Waals surface area contributed by atoms with Gasteiger partial charge in [0.2, 0.25) is 5.91 Å². The van der Waals surface area contributed by atoms with Crippen molar-refractivity contribution in [1.82, 2.24) is 5.32 Å². The maximum atomic E-state index is 12.2. The van der Waals surface area contributed by atoms with E-state index in [1.165, 1.54) is 6.92 Å². The lowest BCUT2D eigenvalue weighted by Gasteiger charge is -2.38. The minimum Gasteiger partial charge on any atom is -0.496 e. The molecule has 1 aromatic carbocycles. The fraction of sp³-hybridized carbons (Fsp3) is 0.529. The normalized spacial score (nSPS) is 20.0. The van der Waals surface area contributed by atoms with E-state index in [0.29, 0.717) is 25.7 Å². The van der Waals surface area contributed by atoms with E-state index >= 15 is 0 Å². The van der Waals surface area contributed by atoms with E-state index in [2.05, 4.69) is 5.32 Å². The first-order valence-corrected chi connectivity index (χ1v) is 7.52. The van der Waals surface area contributed by atoms with Crippen LogP contribution < -0.4 is 14.8 Å². The number of benzene rings is 1. The summed E-state index contributed by atoms with van der Waals surface area (Å²) >= 11 is 0. The number of amides is 1. The number of Topliss-reactive ketones (excluding diaryl/α,β-unsaturated/α-hetero) is 1. The number of ketones is 1. The number of carbonyl (C=O) groups is 2. The summed E-state index contributed by atoms with van der Waals surface area (Å²) in [7, 11) is 3.24. The quantitative estimate of drug-likeness (QED) is 0.904. The lowest BCUT2D eigenvalue weighted by Crippen LogP contribution is -2.57. The molecule has 0 spiro atoms. The van der Waals surface area contributed by atoms with Crippen molar-refractivity contribution in [2.75, 3.05) is 14.2 Å². The first kappa shape index (κ1) is 16.3. The Bertz CT molecular complexity index is 597. The molecule has 1 aromatic rings. The van der Waals surface area contributed by atoms with Gasteiger partial charge in [-0.2, -0.15) is 0 Å². The predicted octanol–water partition coefficient (Wildman–Crippen LogP) is 2.05. The maximum absolute atomic E-state index is 12.2. The molecule has 120 valence electrons. The van der Waals surface area contributed by atoms with Crippen LogP contribution in [0.4, 0.5) is 0 Å². The molecule has 0 bridgehead atoms. The number of ether oxygens (including phenoxy) is 2. The fourth-order valence-corrected chi connectivity index (χ4v) is 3.08. The van der Waals surface area contributed by atoms with Gasteiger partial charge in [-0.1, -0.05) is 6.92 Å². The van der Waals surface area contributed by atoms with Gasteiger partial charge in [-0.15, -0.1) is 0 Å². The van der Waals surface area contributed by atoms with Gasteiger partial charge in [0.05, 0.1) is 14.2 Å². The van der Waals surface area contributed by atoms with Gasteiger partial charge in [0.15, 0.2) is 5.78 Å². The molecule has 1 amide bonds. The molecule has 0 saturated heterocycles. The van der Waals surface area contributed by atoms with E-state index in [9.17, 15) is 9.59 Å². The van der Waals surface area contributed by atoms with Gasteiger partial charge in [0.1, 0.15) is 17.0 Å². The predicted molar refractivity (Wildman–Crippen MR) is 83.4 cm³/mol. The summed E-state index contributed by atoms with van der Waals surface area (Å²) in [5, 5.41) is 2.93. The molecule has 0 aliphatic heterocycles. The molecular formula is C17H23NO4. The molecule has 0 saturated carbocycles. The van der Waals surface area contributed by atoms with Crippen LogP contribution in [-0.4, -0.2) is 31.4 Å². The van der Waals surface area contributed by atoms with Crippen LogP contribution in [0.1, 0.15) is 37.8 Å². The van der Waals surface area contributed by atoms with Crippen molar-refractivity contribution in [1.29, 1.82) is 0 Å². The van der Waals surface area contributed by atoms with Gasteiger partial charge in [0, 0.05) is 24.0 Å². The van der Waals surface area contributed by atoms with Crippen LogP contribution in [0.15, 0.2) is 12.1 Å². The summed E-state index contributed by atoms with van der Waals surface area (Å²) in [5.41, 5.74) is 1.16. The van der Waals surface area contributed by atoms with Gasteiger partial charge < -0.3 is 14.8 Å². The molecule has 0 radical (unpaired) electrons. The fourth-order valence-electron chi connectivity index (χ4n) is 3.08. The Morgan fingerprint density at radius 2 is 1.77 bits per heavy atom. The lowest BCUT2D eigenvalue weighted by atomic mass is 9.75. The molecular weight excluding hydrogens is 282 g/mol. The zero-order chi connectivity index (χ0) is 16.3. The zero-order valence-electron chi connectivity index (χ0n) is 13.6. The van der Waals surface area contributed by atoms with Crippen LogP contribution in [0.5, 0.6) is 11.5 Å². The van der Waals surface area contributed by atoms with Gasteiger partial charge in [0.25, 0.3) is 0 Å². The monoisotopic (exact) mass is 305 g/mol. The molecule has 1 aliphatic carbocycles. The maximum Gasteiger partial charge on any atom is 0.220 e. The molecule has 1 N–H and O–H groups in total. The largest absolute Gasteiger partial charge is 0.496 e. The van der Waals surface area contributed by atoms with Crippen molar-refractivity contribution in [3.63, 3.8) is 0 Å². The number of fused-ring (bicyclic) bond motifs is 1. The van der Waals surface area contributed by atoms with Crippen LogP contribution in [0, 0.1) is 0 Å². The summed E-state index contributed by atoms with van der Waals surface area (Å²) in [6.07, 6.45) is 2.03. The third-order valence-electron chi connectivity index (χ3n) is 4.44. The molecule has 1 atom stereocenters. The lowest BCUT2D eigenvalue weighted by molar-refractivity contribution is -0.131. The molecule has 0 aromatic heterocycles. The Labute approximate surface area is 131 Å². The summed E-state index contributed by atoms with van der Waals surface area (Å²) in [6, 6.07) is 3.72. The number of hydrogen-bond donors (Lipinski definition) is 1. The van der Waals surface area contributed by atoms with Crippen LogP contribution >= 0.6 is 0 Å². The van der Waals surface area contributed by atoms with Crippen LogP contribution in [0.3, 0.4) is 0 Å². The highest BCUT2D eigenvalue weighted by Crippen LogP contribution is 2.39. The zero-order valence-corrected chi connectivity index (χ0v) is 13.6. The van der Waals surface area contributed by atoms with Crippen molar-refractivity contribution in [3.8, 4) is 11.5 Å². The van der Waals surface area contributed by atoms with E-state index in [0.717, 1.165) is 22.6 Å². The van der Waals surface area contributed by atoms with Crippen LogP contribution in [0.2, 0.25) is 0 Å². The molecule has 2 rings (SSSR count). The second-order valence-corrected chi connectivity index (χ2v) is 5.64. The van der Waals surface area contributed by atoms with Crippen molar-refractivity contribution in [3.05, 3.63) is 23.3 Å². The minimum atomic E-state index is -0.847. The number of carbonyl (C=O) groups excluding carboxylic acids is 2. The highest BCUT2D eigenvalue weighted by molar-refractivity contribution is 5.92. The summed E-state index contributed by atoms with van der Waals surface area (Å²) < 4.78 is 10.9. The minimum absolute atomic E-state index is 0.0233. The van der Waals surface area contributed by atoms with Gasteiger partial charge >= 0.3 is 0 Å². The Hall–Kier alpha value is -2.04. The smallest absolute Gasteiger partial charge is 0.220 e. The van der Waals surface area contributed by atoms with E-state index in [4.69, 9.17) is 9.47 Å². The molecule has 1 unspecified atom stereocenters. The highest BCUT2D eigenvalue weighted by atomic mass is 16.5. The number of hydrogen-bond acceptors (Lipinski definition) is 4. The molecule has 1 aliphatic rings. The third-order valence-corrected chi connectivity index (χ3v) is 4.44. The van der Waals surface area contributed by atoms with Crippen molar-refractivity contribution >= 4 is 11.7 Å². The summed E-state index contributed by atoms with van der Waals surface area (Å²) in [6.45, 7) is 3.32. The van der Waals surface area contributed by atoms with Crippen LogP contribution in [-0.2, 0) is 22.4 Å². The van der Waals surface area contributed by atoms with E-state index < -0.39 is 5.54 Å². The Morgan fingerprint density at radius 3 is 2.27 bits per heavy atom. The van der Waals surface area contributed by atoms with Crippen molar-refractivity contribution in [2.45, 2.75) is 45.1 Å². The van der Waals surface area contributed by atoms with Gasteiger partial charge in [-0.3, -0.25) is 9.59 Å². The SMILES string of the molecule is CCC(=O)NC1(C(C)=O)CCc2c(OC)ccc(OC)c2C1. The third kappa shape index (κ3) is 2.80. The molecule has 5 heteroatoms. The highest BCUT2D eigenvalue weighted by Gasteiger charge is 2.41. The second-order valence-electron chi connectivity index (χ2n) is 5.64. The van der Waals surface area contributed by atoms with E-state index in [-0.39, 0.29) is 11.7 Å². The Kier molecular flexibility index (Phi) is 4.74. The van der Waals surface area contributed by atoms with E-state index in [1.807, 2.05) is 12.1 Å². The second kappa shape index (κ2) is 6.38. The summed E-state index contributed by atoms with van der Waals surface area (Å²) in [4.78, 5) is 24.1. The van der Waals surface area contributed by atoms with Gasteiger partial charge in [-0.05, 0) is 31.9 Å². The van der Waals surface area contributed by atoms with E-state index in [1.54, 1.807) is 21.1 Å². The Balaban J connectivity index is 2.47. The standard InChI is InChI=1S/C17H23NO4/c1-5-16(20)18-17(11(2)19)9-8-12-13(10-17)15(22-4)7-6-14(12)21-3/h6-7H,5,8-10H2,1-4H3,(H,18,20). The molecule has 0 heterocycles. The number of methoxy groups -OCH3 is 2. The number of rotatable bonds is 5. The molecule has 22 heavy (non-hydrogen) atoms. The van der Waals surface area contributed by atoms with Crippen LogP contribution in [0.25, 0.3) is 0 Å². The first-order chi connectivity index (χ1) is 10.5. The number of nitrogens with one attached hydrogen (secondary N) is 1. The average Bonchev–Trinajstić information content (AvgIpc) is 2.53. The molecule has 0 fully saturated rings. The molecule has 5 nitrogen and oxygen atoms in total. The van der Waals surface area contributed by atoms with Gasteiger partial charge in [-0.25, -0.2) is 0 Å².